The van der Waals surface area contributed by atoms with E-state index in [4.69, 9.17) is 0 Å². The van der Waals surface area contributed by atoms with Crippen LogP contribution in [0.2, 0.25) is 0 Å². The molecule has 0 heterocycles. The van der Waals surface area contributed by atoms with Gasteiger partial charge in [-0.3, -0.25) is 9.18 Å². The minimum absolute atomic E-state index is 0.277. The van der Waals surface area contributed by atoms with E-state index in [2.05, 4.69) is 4.74 Å². The molecule has 0 aromatic heterocycles. The van der Waals surface area contributed by atoms with Crippen molar-refractivity contribution < 1.29 is 13.9 Å². The van der Waals surface area contributed by atoms with Gasteiger partial charge in [-0.25, -0.2) is 0 Å². The maximum Gasteiger partial charge on any atom is 0.293 e. The van der Waals surface area contributed by atoms with Gasteiger partial charge in [-0.1, -0.05) is 0 Å². The quantitative estimate of drug-likeness (QED) is 0.404. The molecule has 0 fully saturated rings. The van der Waals surface area contributed by atoms with E-state index in [1.807, 2.05) is 0 Å². The molecule has 0 aliphatic rings. The lowest BCUT2D eigenvalue weighted by molar-refractivity contribution is -0.128. The van der Waals surface area contributed by atoms with Crippen molar-refractivity contribution in [3.05, 3.63) is 0 Å². The number of rotatable bonds is 6. The monoisotopic (exact) mass is 134 g/mol. The number of hydrogen-bond acceptors (Lipinski definition) is 2. The normalized spacial score (nSPS) is 9.00. The highest BCUT2D eigenvalue weighted by atomic mass is 19.1. The van der Waals surface area contributed by atoms with Gasteiger partial charge in [0, 0.05) is 0 Å². The molecule has 0 radical (unpaired) electrons. The Morgan fingerprint density at radius 3 is 2.67 bits per heavy atom. The third-order valence-corrected chi connectivity index (χ3v) is 0.964. The van der Waals surface area contributed by atoms with E-state index >= 15 is 0 Å². The van der Waals surface area contributed by atoms with E-state index in [-0.39, 0.29) is 6.67 Å². The first-order valence-corrected chi connectivity index (χ1v) is 3.03. The number of halogens is 1. The van der Waals surface area contributed by atoms with Crippen molar-refractivity contribution in [2.24, 2.45) is 0 Å². The molecule has 0 N–H and O–H groups in total. The number of carbonyl (C=O) groups excluding carboxylic acids is 1. The molecular weight excluding hydrogens is 123 g/mol. The first-order chi connectivity index (χ1) is 4.41. The third-order valence-electron chi connectivity index (χ3n) is 0.964. The summed E-state index contributed by atoms with van der Waals surface area (Å²) in [6.45, 7) is 0.556. The summed E-state index contributed by atoms with van der Waals surface area (Å²) in [4.78, 5) is 9.54. The third kappa shape index (κ3) is 7.40. The minimum Gasteiger partial charge on any atom is -0.468 e. The highest BCUT2D eigenvalue weighted by molar-refractivity contribution is 5.36. The fourth-order valence-corrected chi connectivity index (χ4v) is 0.505. The van der Waals surface area contributed by atoms with Crippen LogP contribution in [0.4, 0.5) is 4.39 Å². The average Bonchev–Trinajstić information content (AvgIpc) is 1.89. The van der Waals surface area contributed by atoms with Crippen molar-refractivity contribution in [1.29, 1.82) is 0 Å². The van der Waals surface area contributed by atoms with Gasteiger partial charge in [0.05, 0.1) is 13.3 Å². The second kappa shape index (κ2) is 7.40. The van der Waals surface area contributed by atoms with Crippen LogP contribution in [0, 0.1) is 0 Å². The Hall–Kier alpha value is -0.600. The summed E-state index contributed by atoms with van der Waals surface area (Å²) < 4.78 is 15.8. The second-order valence-electron chi connectivity index (χ2n) is 1.72. The van der Waals surface area contributed by atoms with E-state index in [0.717, 1.165) is 12.8 Å². The predicted molar refractivity (Wildman–Crippen MR) is 31.8 cm³/mol. The Bertz CT molecular complexity index is 66.1. The van der Waals surface area contributed by atoms with Gasteiger partial charge >= 0.3 is 0 Å². The first kappa shape index (κ1) is 8.40. The zero-order chi connectivity index (χ0) is 6.95. The maximum atomic E-state index is 11.4. The second-order valence-corrected chi connectivity index (χ2v) is 1.72. The van der Waals surface area contributed by atoms with Crippen LogP contribution in [0.3, 0.4) is 0 Å². The maximum absolute atomic E-state index is 11.4. The van der Waals surface area contributed by atoms with Crippen LogP contribution in [0.25, 0.3) is 0 Å². The smallest absolute Gasteiger partial charge is 0.293 e. The standard InChI is InChI=1S/C6H11FO2/c7-4-2-1-3-5-9-6-8/h6H,1-5H2. The molecule has 0 unspecified atom stereocenters. The van der Waals surface area contributed by atoms with Crippen molar-refractivity contribution in [2.75, 3.05) is 13.3 Å². The summed E-state index contributed by atoms with van der Waals surface area (Å²) >= 11 is 0. The van der Waals surface area contributed by atoms with E-state index in [1.165, 1.54) is 0 Å². The van der Waals surface area contributed by atoms with Gasteiger partial charge in [0.25, 0.3) is 6.47 Å². The molecule has 0 aliphatic carbocycles. The Kier molecular flexibility index (Phi) is 6.91. The minimum atomic E-state index is -0.277. The number of hydrogen-bond donors (Lipinski definition) is 0. The van der Waals surface area contributed by atoms with E-state index in [0.29, 0.717) is 19.5 Å². The molecule has 0 saturated heterocycles. The predicted octanol–water partition coefficient (Wildman–Crippen LogP) is 1.30. The lowest BCUT2D eigenvalue weighted by Crippen LogP contribution is -1.91. The molecule has 0 atom stereocenters. The van der Waals surface area contributed by atoms with Gasteiger partial charge < -0.3 is 4.74 Å². The molecule has 0 spiro atoms. The molecule has 3 heteroatoms. The molecule has 0 amide bonds. The fraction of sp³-hybridized carbons (Fsp3) is 0.833. The van der Waals surface area contributed by atoms with E-state index in [9.17, 15) is 9.18 Å². The molecule has 54 valence electrons. The van der Waals surface area contributed by atoms with Gasteiger partial charge in [-0.05, 0) is 19.3 Å². The molecule has 0 rings (SSSR count). The van der Waals surface area contributed by atoms with Crippen molar-refractivity contribution in [3.63, 3.8) is 0 Å². The highest BCUT2D eigenvalue weighted by Gasteiger charge is 1.86. The zero-order valence-electron chi connectivity index (χ0n) is 5.31. The summed E-state index contributed by atoms with van der Waals surface area (Å²) in [7, 11) is 0. The van der Waals surface area contributed by atoms with E-state index in [1.54, 1.807) is 0 Å². The van der Waals surface area contributed by atoms with Gasteiger partial charge in [0.2, 0.25) is 0 Å². The average molecular weight is 134 g/mol. The van der Waals surface area contributed by atoms with Gasteiger partial charge in [-0.2, -0.15) is 0 Å². The van der Waals surface area contributed by atoms with Crippen molar-refractivity contribution in [2.45, 2.75) is 19.3 Å². The van der Waals surface area contributed by atoms with Gasteiger partial charge in [0.1, 0.15) is 0 Å². The summed E-state index contributed by atoms with van der Waals surface area (Å²) in [6.07, 6.45) is 2.13. The summed E-state index contributed by atoms with van der Waals surface area (Å²) in [5, 5.41) is 0. The van der Waals surface area contributed by atoms with Crippen LogP contribution in [-0.2, 0) is 9.53 Å². The van der Waals surface area contributed by atoms with Crippen molar-refractivity contribution in [1.82, 2.24) is 0 Å². The number of unbranched alkanes of at least 4 members (excludes halogenated alkanes) is 2. The summed E-state index contributed by atoms with van der Waals surface area (Å²) in [6, 6.07) is 0. The summed E-state index contributed by atoms with van der Waals surface area (Å²) in [5.74, 6) is 0. The molecule has 9 heavy (non-hydrogen) atoms. The number of carbonyl (C=O) groups is 1. The Morgan fingerprint density at radius 2 is 2.11 bits per heavy atom. The topological polar surface area (TPSA) is 26.3 Å². The van der Waals surface area contributed by atoms with Crippen LogP contribution >= 0.6 is 0 Å². The van der Waals surface area contributed by atoms with Crippen molar-refractivity contribution in [3.8, 4) is 0 Å². The lowest BCUT2D eigenvalue weighted by atomic mass is 10.3. The lowest BCUT2D eigenvalue weighted by Gasteiger charge is -1.94. The zero-order valence-corrected chi connectivity index (χ0v) is 5.31. The Balaban J connectivity index is 2.66. The molecule has 2 nitrogen and oxygen atoms in total. The molecule has 0 saturated carbocycles. The van der Waals surface area contributed by atoms with Crippen LogP contribution in [0.5, 0.6) is 0 Å². The molecule has 0 aromatic rings. The first-order valence-electron chi connectivity index (χ1n) is 3.03. The number of alkyl halides is 1. The van der Waals surface area contributed by atoms with Crippen LogP contribution in [0.1, 0.15) is 19.3 Å². The van der Waals surface area contributed by atoms with Crippen LogP contribution in [-0.4, -0.2) is 19.8 Å². The van der Waals surface area contributed by atoms with Gasteiger partial charge in [0.15, 0.2) is 0 Å². The Labute approximate surface area is 54.0 Å². The fourth-order valence-electron chi connectivity index (χ4n) is 0.505. The molecular formula is C6H11FO2. The molecule has 0 aromatic carbocycles. The van der Waals surface area contributed by atoms with E-state index < -0.39 is 0 Å². The van der Waals surface area contributed by atoms with Gasteiger partial charge in [-0.15, -0.1) is 0 Å². The highest BCUT2D eigenvalue weighted by Crippen LogP contribution is 1.94. The largest absolute Gasteiger partial charge is 0.468 e. The van der Waals surface area contributed by atoms with Crippen molar-refractivity contribution >= 4 is 6.47 Å². The number of ether oxygens (including phenoxy) is 1. The molecule has 0 bridgehead atoms. The van der Waals surface area contributed by atoms with Crippen LogP contribution in [0.15, 0.2) is 0 Å². The van der Waals surface area contributed by atoms with Crippen LogP contribution < -0.4 is 0 Å². The SMILES string of the molecule is O=COCCCCCF. The Morgan fingerprint density at radius 1 is 1.33 bits per heavy atom. The molecule has 0 aliphatic heterocycles. The summed E-state index contributed by atoms with van der Waals surface area (Å²) in [5.41, 5.74) is 0.